The van der Waals surface area contributed by atoms with Crippen LogP contribution in [-0.4, -0.2) is 16.1 Å². The number of rotatable bonds is 2. The number of aromatic nitrogens is 2. The Labute approximate surface area is 92.3 Å². The molecule has 0 aliphatic carbocycles. The summed E-state index contributed by atoms with van der Waals surface area (Å²) in [6.07, 6.45) is 2.57. The molecule has 0 fully saturated rings. The van der Waals surface area contributed by atoms with Gasteiger partial charge < -0.3 is 0 Å². The number of halogens is 1. The minimum Gasteiger partial charge on any atom is -0.296 e. The zero-order chi connectivity index (χ0) is 10.8. The van der Waals surface area contributed by atoms with Gasteiger partial charge in [0.2, 0.25) is 0 Å². The molecule has 1 aromatic carbocycles. The van der Waals surface area contributed by atoms with Crippen molar-refractivity contribution in [3.8, 4) is 11.1 Å². The Bertz CT molecular complexity index is 488. The maximum absolute atomic E-state index is 10.8. The van der Waals surface area contributed by atoms with Gasteiger partial charge in [0.1, 0.15) is 5.69 Å². The van der Waals surface area contributed by atoms with Gasteiger partial charge in [-0.2, -0.15) is 5.10 Å². The topological polar surface area (TPSA) is 34.9 Å². The van der Waals surface area contributed by atoms with Crippen LogP contribution in [0.4, 0.5) is 0 Å². The fourth-order valence-electron chi connectivity index (χ4n) is 1.44. The number of carbonyl (C=O) groups excluding carboxylic acids is 1. The Morgan fingerprint density at radius 1 is 1.33 bits per heavy atom. The van der Waals surface area contributed by atoms with Gasteiger partial charge in [0.15, 0.2) is 6.29 Å². The molecule has 0 aliphatic heterocycles. The predicted molar refractivity (Wildman–Crippen MR) is 59.0 cm³/mol. The van der Waals surface area contributed by atoms with E-state index in [2.05, 4.69) is 5.10 Å². The van der Waals surface area contributed by atoms with E-state index in [0.717, 1.165) is 17.4 Å². The number of aldehydes is 1. The molecule has 0 unspecified atom stereocenters. The van der Waals surface area contributed by atoms with E-state index in [1.54, 1.807) is 23.9 Å². The summed E-state index contributed by atoms with van der Waals surface area (Å²) in [4.78, 5) is 10.8. The molecule has 0 saturated heterocycles. The van der Waals surface area contributed by atoms with Gasteiger partial charge in [-0.3, -0.25) is 9.48 Å². The third kappa shape index (κ3) is 1.92. The standard InChI is InChI=1S/C11H9ClN2O/c1-14-6-10(11(7-15)13-14)8-2-4-9(12)5-3-8/h2-7H,1H3. The van der Waals surface area contributed by atoms with Crippen molar-refractivity contribution in [1.29, 1.82) is 0 Å². The van der Waals surface area contributed by atoms with Gasteiger partial charge in [0, 0.05) is 23.8 Å². The molecule has 15 heavy (non-hydrogen) atoms. The van der Waals surface area contributed by atoms with E-state index in [-0.39, 0.29) is 0 Å². The first kappa shape index (κ1) is 9.93. The average Bonchev–Trinajstić information content (AvgIpc) is 2.61. The second-order valence-corrected chi connectivity index (χ2v) is 3.66. The van der Waals surface area contributed by atoms with Crippen molar-refractivity contribution in [2.24, 2.45) is 7.05 Å². The zero-order valence-corrected chi connectivity index (χ0v) is 8.90. The second kappa shape index (κ2) is 3.87. The maximum atomic E-state index is 10.8. The first-order valence-electron chi connectivity index (χ1n) is 4.45. The summed E-state index contributed by atoms with van der Waals surface area (Å²) in [5, 5.41) is 4.72. The molecule has 0 radical (unpaired) electrons. The summed E-state index contributed by atoms with van der Waals surface area (Å²) < 4.78 is 1.62. The maximum Gasteiger partial charge on any atom is 0.170 e. The van der Waals surface area contributed by atoms with Gasteiger partial charge in [-0.25, -0.2) is 0 Å². The van der Waals surface area contributed by atoms with Gasteiger partial charge in [-0.05, 0) is 17.7 Å². The molecule has 0 aliphatic rings. The number of aryl methyl sites for hydroxylation is 1. The van der Waals surface area contributed by atoms with E-state index >= 15 is 0 Å². The van der Waals surface area contributed by atoms with Crippen molar-refractivity contribution >= 4 is 17.9 Å². The lowest BCUT2D eigenvalue weighted by molar-refractivity contribution is 0.111. The molecule has 1 heterocycles. The lowest BCUT2D eigenvalue weighted by Gasteiger charge is -1.97. The van der Waals surface area contributed by atoms with Crippen LogP contribution in [0.15, 0.2) is 30.5 Å². The highest BCUT2D eigenvalue weighted by atomic mass is 35.5. The molecule has 2 rings (SSSR count). The Morgan fingerprint density at radius 2 is 2.00 bits per heavy atom. The number of benzene rings is 1. The van der Waals surface area contributed by atoms with Crippen molar-refractivity contribution in [2.75, 3.05) is 0 Å². The minimum atomic E-state index is 0.444. The van der Waals surface area contributed by atoms with Gasteiger partial charge in [-0.15, -0.1) is 0 Å². The fourth-order valence-corrected chi connectivity index (χ4v) is 1.57. The number of nitrogens with zero attached hydrogens (tertiary/aromatic N) is 2. The molecular weight excluding hydrogens is 212 g/mol. The van der Waals surface area contributed by atoms with Crippen LogP contribution in [0.1, 0.15) is 10.5 Å². The summed E-state index contributed by atoms with van der Waals surface area (Å²) in [5.41, 5.74) is 2.21. The average molecular weight is 221 g/mol. The van der Waals surface area contributed by atoms with Gasteiger partial charge in [0.25, 0.3) is 0 Å². The Kier molecular flexibility index (Phi) is 2.56. The quantitative estimate of drug-likeness (QED) is 0.729. The summed E-state index contributed by atoms with van der Waals surface area (Å²) in [6.45, 7) is 0. The SMILES string of the molecule is Cn1cc(-c2ccc(Cl)cc2)c(C=O)n1. The molecule has 0 N–H and O–H groups in total. The highest BCUT2D eigenvalue weighted by Gasteiger charge is 2.08. The Morgan fingerprint density at radius 3 is 2.60 bits per heavy atom. The van der Waals surface area contributed by atoms with Crippen LogP contribution in [-0.2, 0) is 7.05 Å². The number of carbonyl (C=O) groups is 1. The monoisotopic (exact) mass is 220 g/mol. The molecule has 1 aromatic heterocycles. The zero-order valence-electron chi connectivity index (χ0n) is 8.14. The fraction of sp³-hybridized carbons (Fsp3) is 0.0909. The molecule has 76 valence electrons. The van der Waals surface area contributed by atoms with Crippen molar-refractivity contribution < 1.29 is 4.79 Å². The Balaban J connectivity index is 2.52. The van der Waals surface area contributed by atoms with Gasteiger partial charge in [0.05, 0.1) is 0 Å². The van der Waals surface area contributed by atoms with Gasteiger partial charge in [-0.1, -0.05) is 23.7 Å². The highest BCUT2D eigenvalue weighted by molar-refractivity contribution is 6.30. The molecule has 2 aromatic rings. The first-order valence-corrected chi connectivity index (χ1v) is 4.83. The summed E-state index contributed by atoms with van der Waals surface area (Å²) in [7, 11) is 1.78. The van der Waals surface area contributed by atoms with Crippen LogP contribution in [0.2, 0.25) is 5.02 Å². The highest BCUT2D eigenvalue weighted by Crippen LogP contribution is 2.23. The van der Waals surface area contributed by atoms with Crippen molar-refractivity contribution in [3.63, 3.8) is 0 Å². The first-order chi connectivity index (χ1) is 7.20. The normalized spacial score (nSPS) is 10.3. The molecule has 4 heteroatoms. The summed E-state index contributed by atoms with van der Waals surface area (Å²) in [6, 6.07) is 7.32. The van der Waals surface area contributed by atoms with E-state index in [4.69, 9.17) is 11.6 Å². The smallest absolute Gasteiger partial charge is 0.170 e. The molecule has 0 spiro atoms. The van der Waals surface area contributed by atoms with Crippen molar-refractivity contribution in [2.45, 2.75) is 0 Å². The number of hydrogen-bond acceptors (Lipinski definition) is 2. The van der Waals surface area contributed by atoms with E-state index in [1.807, 2.05) is 18.3 Å². The molecule has 3 nitrogen and oxygen atoms in total. The van der Waals surface area contributed by atoms with Crippen LogP contribution >= 0.6 is 11.6 Å². The van der Waals surface area contributed by atoms with Crippen molar-refractivity contribution in [3.05, 3.63) is 41.2 Å². The molecule has 0 saturated carbocycles. The minimum absolute atomic E-state index is 0.444. The summed E-state index contributed by atoms with van der Waals surface area (Å²) in [5.74, 6) is 0. The van der Waals surface area contributed by atoms with Crippen LogP contribution < -0.4 is 0 Å². The van der Waals surface area contributed by atoms with Crippen LogP contribution in [0.5, 0.6) is 0 Å². The number of hydrogen-bond donors (Lipinski definition) is 0. The van der Waals surface area contributed by atoms with Crippen LogP contribution in [0.25, 0.3) is 11.1 Å². The molecule has 0 bridgehead atoms. The second-order valence-electron chi connectivity index (χ2n) is 3.23. The van der Waals surface area contributed by atoms with E-state index in [9.17, 15) is 4.79 Å². The molecule has 0 atom stereocenters. The lowest BCUT2D eigenvalue weighted by Crippen LogP contribution is -1.89. The lowest BCUT2D eigenvalue weighted by atomic mass is 10.1. The van der Waals surface area contributed by atoms with E-state index in [1.165, 1.54) is 0 Å². The van der Waals surface area contributed by atoms with E-state index < -0.39 is 0 Å². The third-order valence-corrected chi connectivity index (χ3v) is 2.38. The van der Waals surface area contributed by atoms with E-state index in [0.29, 0.717) is 10.7 Å². The summed E-state index contributed by atoms with van der Waals surface area (Å²) >= 11 is 5.79. The van der Waals surface area contributed by atoms with Crippen molar-refractivity contribution in [1.82, 2.24) is 9.78 Å². The Hall–Kier alpha value is -1.61. The predicted octanol–water partition coefficient (Wildman–Crippen LogP) is 2.55. The third-order valence-electron chi connectivity index (χ3n) is 2.12. The van der Waals surface area contributed by atoms with Gasteiger partial charge >= 0.3 is 0 Å². The largest absolute Gasteiger partial charge is 0.296 e. The molecule has 0 amide bonds. The molecular formula is C11H9ClN2O. The van der Waals surface area contributed by atoms with Crippen LogP contribution in [0.3, 0.4) is 0 Å². The van der Waals surface area contributed by atoms with Crippen LogP contribution in [0, 0.1) is 0 Å².